The second-order valence-electron chi connectivity index (χ2n) is 4.05. The molecule has 0 amide bonds. The van der Waals surface area contributed by atoms with Gasteiger partial charge in [-0.05, 0) is 19.0 Å². The second kappa shape index (κ2) is 6.47. The minimum absolute atomic E-state index is 0.222. The fraction of sp³-hybridized carbons (Fsp3) is 0.538. The van der Waals surface area contributed by atoms with Crippen LogP contribution in [0.15, 0.2) is 18.2 Å². The summed E-state index contributed by atoms with van der Waals surface area (Å²) in [6, 6.07) is 5.97. The molecule has 1 aliphatic rings. The number of nitrogens with one attached hydrogen (secondary N) is 1. The van der Waals surface area contributed by atoms with E-state index in [2.05, 4.69) is 5.32 Å². The van der Waals surface area contributed by atoms with Crippen molar-refractivity contribution in [2.24, 2.45) is 0 Å². The monoisotopic (exact) mass is 237 g/mol. The Morgan fingerprint density at radius 2 is 2.12 bits per heavy atom. The highest BCUT2D eigenvalue weighted by Gasteiger charge is 2.13. The zero-order chi connectivity index (χ0) is 11.9. The molecule has 0 radical (unpaired) electrons. The predicted octanol–water partition coefficient (Wildman–Crippen LogP) is 1.32. The van der Waals surface area contributed by atoms with Crippen molar-refractivity contribution in [1.82, 2.24) is 5.32 Å². The maximum atomic E-state index is 8.71. The fourth-order valence-electron chi connectivity index (χ4n) is 1.82. The normalized spacial score (nSPS) is 14.4. The first-order chi connectivity index (χ1) is 8.42. The molecular formula is C13H19NO3. The lowest BCUT2D eigenvalue weighted by Crippen LogP contribution is -2.16. The molecule has 94 valence electrons. The third-order valence-corrected chi connectivity index (χ3v) is 2.68. The summed E-state index contributed by atoms with van der Waals surface area (Å²) in [5, 5.41) is 12.0. The topological polar surface area (TPSA) is 50.7 Å². The van der Waals surface area contributed by atoms with Gasteiger partial charge in [0.05, 0.1) is 13.2 Å². The van der Waals surface area contributed by atoms with E-state index < -0.39 is 0 Å². The molecule has 17 heavy (non-hydrogen) atoms. The van der Waals surface area contributed by atoms with E-state index in [-0.39, 0.29) is 6.61 Å². The smallest absolute Gasteiger partial charge is 0.165 e. The van der Waals surface area contributed by atoms with Crippen LogP contribution in [-0.4, -0.2) is 31.5 Å². The summed E-state index contributed by atoms with van der Waals surface area (Å²) in [5.41, 5.74) is 1.11. The van der Waals surface area contributed by atoms with Crippen LogP contribution in [0.2, 0.25) is 0 Å². The molecule has 0 bridgehead atoms. The Hall–Kier alpha value is -1.26. The van der Waals surface area contributed by atoms with E-state index in [0.717, 1.165) is 43.0 Å². The van der Waals surface area contributed by atoms with E-state index in [9.17, 15) is 0 Å². The fourth-order valence-corrected chi connectivity index (χ4v) is 1.82. The number of benzene rings is 1. The van der Waals surface area contributed by atoms with Crippen LogP contribution in [0.3, 0.4) is 0 Å². The average molecular weight is 237 g/mol. The Bertz CT molecular complexity index is 355. The zero-order valence-electron chi connectivity index (χ0n) is 9.95. The Morgan fingerprint density at radius 3 is 3.00 bits per heavy atom. The van der Waals surface area contributed by atoms with Gasteiger partial charge in [-0.15, -0.1) is 0 Å². The van der Waals surface area contributed by atoms with E-state index in [4.69, 9.17) is 14.6 Å². The number of ether oxygens (including phenoxy) is 2. The predicted molar refractivity (Wildman–Crippen MR) is 65.5 cm³/mol. The second-order valence-corrected chi connectivity index (χ2v) is 4.05. The standard InChI is InChI=1S/C13H19NO3/c15-7-2-6-14-10-11-4-1-5-12-13(11)17-9-3-8-16-12/h1,4-5,14-15H,2-3,6-10H2. The summed E-state index contributed by atoms with van der Waals surface area (Å²) in [6.07, 6.45) is 1.69. The summed E-state index contributed by atoms with van der Waals surface area (Å²) in [4.78, 5) is 0. The van der Waals surface area contributed by atoms with Crippen LogP contribution < -0.4 is 14.8 Å². The molecule has 0 fully saturated rings. The number of para-hydroxylation sites is 1. The van der Waals surface area contributed by atoms with Gasteiger partial charge in [-0.25, -0.2) is 0 Å². The number of rotatable bonds is 5. The highest BCUT2D eigenvalue weighted by molar-refractivity contribution is 5.46. The van der Waals surface area contributed by atoms with E-state index in [1.54, 1.807) is 0 Å². The Kier molecular flexibility index (Phi) is 4.64. The molecule has 0 saturated carbocycles. The number of hydrogen-bond donors (Lipinski definition) is 2. The largest absolute Gasteiger partial charge is 0.490 e. The molecule has 1 aromatic rings. The highest BCUT2D eigenvalue weighted by atomic mass is 16.5. The molecule has 0 atom stereocenters. The van der Waals surface area contributed by atoms with E-state index in [1.165, 1.54) is 0 Å². The first-order valence-electron chi connectivity index (χ1n) is 6.11. The van der Waals surface area contributed by atoms with Gasteiger partial charge < -0.3 is 19.9 Å². The van der Waals surface area contributed by atoms with Crippen molar-refractivity contribution in [3.63, 3.8) is 0 Å². The molecule has 2 N–H and O–H groups in total. The van der Waals surface area contributed by atoms with Gasteiger partial charge in [0.25, 0.3) is 0 Å². The van der Waals surface area contributed by atoms with Crippen LogP contribution in [0.1, 0.15) is 18.4 Å². The lowest BCUT2D eigenvalue weighted by molar-refractivity contribution is 0.285. The van der Waals surface area contributed by atoms with Crippen molar-refractivity contribution in [3.8, 4) is 11.5 Å². The Labute approximate surface area is 102 Å². The first-order valence-corrected chi connectivity index (χ1v) is 6.11. The van der Waals surface area contributed by atoms with Crippen molar-refractivity contribution in [3.05, 3.63) is 23.8 Å². The maximum absolute atomic E-state index is 8.71. The van der Waals surface area contributed by atoms with Crippen LogP contribution >= 0.6 is 0 Å². The average Bonchev–Trinajstić information content (AvgIpc) is 2.60. The molecule has 0 aliphatic carbocycles. The maximum Gasteiger partial charge on any atom is 0.165 e. The number of hydrogen-bond acceptors (Lipinski definition) is 4. The summed E-state index contributed by atoms with van der Waals surface area (Å²) in [5.74, 6) is 1.70. The van der Waals surface area contributed by atoms with Crippen molar-refractivity contribution < 1.29 is 14.6 Å². The summed E-state index contributed by atoms with van der Waals surface area (Å²) < 4.78 is 11.3. The van der Waals surface area contributed by atoms with Gasteiger partial charge in [-0.1, -0.05) is 12.1 Å². The van der Waals surface area contributed by atoms with Crippen LogP contribution in [0.25, 0.3) is 0 Å². The van der Waals surface area contributed by atoms with Crippen LogP contribution in [0, 0.1) is 0 Å². The molecule has 1 aromatic carbocycles. The van der Waals surface area contributed by atoms with Crippen LogP contribution in [0.4, 0.5) is 0 Å². The molecule has 0 spiro atoms. The quantitative estimate of drug-likeness (QED) is 0.758. The van der Waals surface area contributed by atoms with Gasteiger partial charge in [0.1, 0.15) is 0 Å². The Morgan fingerprint density at radius 1 is 1.24 bits per heavy atom. The molecule has 0 aromatic heterocycles. The van der Waals surface area contributed by atoms with Crippen molar-refractivity contribution >= 4 is 0 Å². The first kappa shape index (κ1) is 12.2. The van der Waals surface area contributed by atoms with E-state index in [0.29, 0.717) is 13.2 Å². The van der Waals surface area contributed by atoms with Gasteiger partial charge in [0.2, 0.25) is 0 Å². The molecule has 2 rings (SSSR count). The van der Waals surface area contributed by atoms with Gasteiger partial charge in [0, 0.05) is 25.1 Å². The summed E-state index contributed by atoms with van der Waals surface area (Å²) in [6.45, 7) is 3.20. The Balaban J connectivity index is 2.01. The van der Waals surface area contributed by atoms with Gasteiger partial charge in [-0.3, -0.25) is 0 Å². The van der Waals surface area contributed by atoms with E-state index >= 15 is 0 Å². The minimum atomic E-state index is 0.222. The number of aliphatic hydroxyl groups is 1. The van der Waals surface area contributed by atoms with Crippen molar-refractivity contribution in [2.75, 3.05) is 26.4 Å². The van der Waals surface area contributed by atoms with Gasteiger partial charge >= 0.3 is 0 Å². The molecule has 1 aliphatic heterocycles. The summed E-state index contributed by atoms with van der Waals surface area (Å²) in [7, 11) is 0. The van der Waals surface area contributed by atoms with Crippen LogP contribution in [0.5, 0.6) is 11.5 Å². The third kappa shape index (κ3) is 3.35. The number of aliphatic hydroxyl groups excluding tert-OH is 1. The van der Waals surface area contributed by atoms with Gasteiger partial charge in [-0.2, -0.15) is 0 Å². The lowest BCUT2D eigenvalue weighted by Gasteiger charge is -2.12. The SMILES string of the molecule is OCCCNCc1cccc2c1OCCCO2. The van der Waals surface area contributed by atoms with Crippen molar-refractivity contribution in [2.45, 2.75) is 19.4 Å². The lowest BCUT2D eigenvalue weighted by atomic mass is 10.2. The molecule has 4 heteroatoms. The van der Waals surface area contributed by atoms with Gasteiger partial charge in [0.15, 0.2) is 11.5 Å². The van der Waals surface area contributed by atoms with E-state index in [1.807, 2.05) is 18.2 Å². The molecule has 4 nitrogen and oxygen atoms in total. The van der Waals surface area contributed by atoms with Crippen molar-refractivity contribution in [1.29, 1.82) is 0 Å². The molecule has 1 heterocycles. The minimum Gasteiger partial charge on any atom is -0.490 e. The molecule has 0 saturated heterocycles. The highest BCUT2D eigenvalue weighted by Crippen LogP contribution is 2.32. The number of fused-ring (bicyclic) bond motifs is 1. The summed E-state index contributed by atoms with van der Waals surface area (Å²) >= 11 is 0. The molecular weight excluding hydrogens is 218 g/mol. The molecule has 0 unspecified atom stereocenters. The van der Waals surface area contributed by atoms with Crippen LogP contribution in [-0.2, 0) is 6.54 Å². The third-order valence-electron chi connectivity index (χ3n) is 2.68. The zero-order valence-corrected chi connectivity index (χ0v) is 9.95.